The van der Waals surface area contributed by atoms with Crippen LogP contribution in [0.1, 0.15) is 5.56 Å². The molecule has 0 atom stereocenters. The molecule has 0 radical (unpaired) electrons. The molecule has 0 aliphatic heterocycles. The van der Waals surface area contributed by atoms with E-state index in [0.717, 1.165) is 0 Å². The van der Waals surface area contributed by atoms with Crippen molar-refractivity contribution in [3.8, 4) is 0 Å². The van der Waals surface area contributed by atoms with Gasteiger partial charge in [0, 0.05) is 12.2 Å². The van der Waals surface area contributed by atoms with Gasteiger partial charge < -0.3 is 10.6 Å². The van der Waals surface area contributed by atoms with Crippen LogP contribution in [0.3, 0.4) is 0 Å². The van der Waals surface area contributed by atoms with Crippen LogP contribution in [0, 0.1) is 0 Å². The number of carbonyl (C=O) groups excluding carboxylic acids is 2. The van der Waals surface area contributed by atoms with E-state index < -0.39 is 12.1 Å². The highest BCUT2D eigenvalue weighted by Crippen LogP contribution is 2.17. The van der Waals surface area contributed by atoms with Gasteiger partial charge in [0.1, 0.15) is 0 Å². The average molecular weight is 246 g/mol. The number of amides is 2. The number of nitrogens with one attached hydrogen (secondary N) is 2. The Bertz CT molecular complexity index is 418. The summed E-state index contributed by atoms with van der Waals surface area (Å²) < 4.78 is 35.7. The lowest BCUT2D eigenvalue weighted by Gasteiger charge is -2.10. The second-order valence-electron chi connectivity index (χ2n) is 3.10. The van der Waals surface area contributed by atoms with Crippen LogP contribution in [0.15, 0.2) is 24.3 Å². The maximum atomic E-state index is 11.9. The van der Waals surface area contributed by atoms with Crippen LogP contribution in [-0.4, -0.2) is 18.5 Å². The molecule has 2 amide bonds. The molecule has 1 rings (SSSR count). The molecule has 92 valence electrons. The molecule has 0 unspecified atom stereocenters. The Kier molecular flexibility index (Phi) is 4.08. The topological polar surface area (TPSA) is 58.2 Å². The molecule has 0 heterocycles. The zero-order chi connectivity index (χ0) is 12.9. The molecule has 4 nitrogen and oxygen atoms in total. The zero-order valence-electron chi connectivity index (χ0n) is 8.54. The van der Waals surface area contributed by atoms with E-state index in [1.165, 1.54) is 12.1 Å². The minimum Gasteiger partial charge on any atom is -0.344 e. The van der Waals surface area contributed by atoms with Gasteiger partial charge in [-0.15, -0.1) is 0 Å². The molecule has 0 bridgehead atoms. The Hall–Kier alpha value is -2.05. The van der Waals surface area contributed by atoms with Gasteiger partial charge in [-0.05, 0) is 11.6 Å². The highest BCUT2D eigenvalue weighted by molar-refractivity contribution is 5.82. The number of rotatable bonds is 4. The molecule has 0 saturated heterocycles. The number of para-hydroxylation sites is 1. The maximum absolute atomic E-state index is 11.9. The standard InChI is InChI=1S/C10H9F3N2O2/c11-10(12,13)9(17)14-5-7-3-1-2-4-8(7)15-6-16/h1-4,6H,5H2,(H,14,17)(H,15,16). The third-order valence-corrected chi connectivity index (χ3v) is 1.93. The molecule has 0 fully saturated rings. The van der Waals surface area contributed by atoms with Crippen molar-refractivity contribution in [2.75, 3.05) is 5.32 Å². The third kappa shape index (κ3) is 3.78. The van der Waals surface area contributed by atoms with Gasteiger partial charge in [-0.25, -0.2) is 0 Å². The first kappa shape index (κ1) is 13.0. The van der Waals surface area contributed by atoms with Crippen LogP contribution in [0.2, 0.25) is 0 Å². The number of hydrogen-bond acceptors (Lipinski definition) is 2. The van der Waals surface area contributed by atoms with Crippen molar-refractivity contribution in [1.82, 2.24) is 5.32 Å². The van der Waals surface area contributed by atoms with Crippen molar-refractivity contribution in [2.24, 2.45) is 0 Å². The van der Waals surface area contributed by atoms with Gasteiger partial charge >= 0.3 is 12.1 Å². The summed E-state index contributed by atoms with van der Waals surface area (Å²) >= 11 is 0. The number of halogens is 3. The minimum absolute atomic E-state index is 0.310. The summed E-state index contributed by atoms with van der Waals surface area (Å²) in [4.78, 5) is 20.8. The Morgan fingerprint density at radius 3 is 2.53 bits per heavy atom. The Morgan fingerprint density at radius 2 is 1.94 bits per heavy atom. The fraction of sp³-hybridized carbons (Fsp3) is 0.200. The zero-order valence-corrected chi connectivity index (χ0v) is 8.54. The summed E-state index contributed by atoms with van der Waals surface area (Å²) in [5, 5.41) is 4.04. The second kappa shape index (κ2) is 5.33. The van der Waals surface area contributed by atoms with E-state index in [1.54, 1.807) is 17.4 Å². The van der Waals surface area contributed by atoms with Crippen LogP contribution in [0.4, 0.5) is 18.9 Å². The van der Waals surface area contributed by atoms with Gasteiger partial charge in [0.05, 0.1) is 0 Å². The van der Waals surface area contributed by atoms with Crippen molar-refractivity contribution in [3.05, 3.63) is 29.8 Å². The molecule has 1 aromatic carbocycles. The van der Waals surface area contributed by atoms with E-state index in [4.69, 9.17) is 0 Å². The lowest BCUT2D eigenvalue weighted by Crippen LogP contribution is -2.36. The number of alkyl halides is 3. The summed E-state index contributed by atoms with van der Waals surface area (Å²) in [6.45, 7) is -0.310. The van der Waals surface area contributed by atoms with Gasteiger partial charge in [-0.2, -0.15) is 13.2 Å². The van der Waals surface area contributed by atoms with Gasteiger partial charge in [-0.1, -0.05) is 18.2 Å². The molecular weight excluding hydrogens is 237 g/mol. The number of carbonyl (C=O) groups is 2. The highest BCUT2D eigenvalue weighted by Gasteiger charge is 2.38. The summed E-state index contributed by atoms with van der Waals surface area (Å²) in [5.74, 6) is -2.02. The average Bonchev–Trinajstić information content (AvgIpc) is 2.26. The number of benzene rings is 1. The molecule has 2 N–H and O–H groups in total. The van der Waals surface area contributed by atoms with Crippen molar-refractivity contribution in [2.45, 2.75) is 12.7 Å². The van der Waals surface area contributed by atoms with Gasteiger partial charge in [-0.3, -0.25) is 9.59 Å². The summed E-state index contributed by atoms with van der Waals surface area (Å²) in [5.41, 5.74) is 0.738. The third-order valence-electron chi connectivity index (χ3n) is 1.93. The lowest BCUT2D eigenvalue weighted by molar-refractivity contribution is -0.173. The largest absolute Gasteiger partial charge is 0.471 e. The molecule has 0 saturated carbocycles. The van der Waals surface area contributed by atoms with E-state index in [2.05, 4.69) is 5.32 Å². The van der Waals surface area contributed by atoms with Crippen LogP contribution in [0.25, 0.3) is 0 Å². The first-order valence-corrected chi connectivity index (χ1v) is 4.58. The Labute approximate surface area is 94.8 Å². The Balaban J connectivity index is 2.69. The van der Waals surface area contributed by atoms with E-state index in [0.29, 0.717) is 17.7 Å². The normalized spacial score (nSPS) is 10.8. The van der Waals surface area contributed by atoms with E-state index in [-0.39, 0.29) is 6.54 Å². The molecule has 0 aliphatic carbocycles. The van der Waals surface area contributed by atoms with Gasteiger partial charge in [0.15, 0.2) is 0 Å². The lowest BCUT2D eigenvalue weighted by atomic mass is 10.2. The van der Waals surface area contributed by atoms with Crippen molar-refractivity contribution >= 4 is 18.0 Å². The van der Waals surface area contributed by atoms with E-state index in [1.807, 2.05) is 0 Å². The summed E-state index contributed by atoms with van der Waals surface area (Å²) in [7, 11) is 0. The van der Waals surface area contributed by atoms with Crippen molar-refractivity contribution < 1.29 is 22.8 Å². The van der Waals surface area contributed by atoms with Crippen LogP contribution < -0.4 is 10.6 Å². The van der Waals surface area contributed by atoms with Gasteiger partial charge in [0.2, 0.25) is 6.41 Å². The predicted octanol–water partition coefficient (Wildman–Crippen LogP) is 1.43. The highest BCUT2D eigenvalue weighted by atomic mass is 19.4. The van der Waals surface area contributed by atoms with E-state index >= 15 is 0 Å². The molecular formula is C10H9F3N2O2. The molecule has 1 aromatic rings. The monoisotopic (exact) mass is 246 g/mol. The first-order chi connectivity index (χ1) is 7.95. The second-order valence-corrected chi connectivity index (χ2v) is 3.10. The van der Waals surface area contributed by atoms with Crippen LogP contribution in [0.5, 0.6) is 0 Å². The molecule has 0 aromatic heterocycles. The smallest absolute Gasteiger partial charge is 0.344 e. The molecule has 0 spiro atoms. The Morgan fingerprint density at radius 1 is 1.29 bits per heavy atom. The first-order valence-electron chi connectivity index (χ1n) is 4.58. The summed E-state index contributed by atoms with van der Waals surface area (Å²) in [6.07, 6.45) is -4.50. The quantitative estimate of drug-likeness (QED) is 0.789. The number of anilines is 1. The SMILES string of the molecule is O=CNc1ccccc1CNC(=O)C(F)(F)F. The predicted molar refractivity (Wildman–Crippen MR) is 54.0 cm³/mol. The molecule has 7 heteroatoms. The number of hydrogen-bond donors (Lipinski definition) is 2. The molecule has 17 heavy (non-hydrogen) atoms. The van der Waals surface area contributed by atoms with Crippen LogP contribution >= 0.6 is 0 Å². The van der Waals surface area contributed by atoms with Crippen molar-refractivity contribution in [3.63, 3.8) is 0 Å². The van der Waals surface area contributed by atoms with Crippen molar-refractivity contribution in [1.29, 1.82) is 0 Å². The van der Waals surface area contributed by atoms with E-state index in [9.17, 15) is 22.8 Å². The molecule has 0 aliphatic rings. The van der Waals surface area contributed by atoms with Crippen LogP contribution in [-0.2, 0) is 16.1 Å². The summed E-state index contributed by atoms with van der Waals surface area (Å²) in [6, 6.07) is 6.22. The van der Waals surface area contributed by atoms with Gasteiger partial charge in [0.25, 0.3) is 0 Å². The maximum Gasteiger partial charge on any atom is 0.471 e. The fourth-order valence-corrected chi connectivity index (χ4v) is 1.15. The fourth-order valence-electron chi connectivity index (χ4n) is 1.15. The minimum atomic E-state index is -4.91.